The van der Waals surface area contributed by atoms with E-state index in [1.54, 1.807) is 18.5 Å². The van der Waals surface area contributed by atoms with Crippen molar-refractivity contribution in [2.45, 2.75) is 13.3 Å². The molecule has 2 aromatic rings. The van der Waals surface area contributed by atoms with Gasteiger partial charge in [0.1, 0.15) is 11.6 Å². The van der Waals surface area contributed by atoms with Crippen LogP contribution in [0.3, 0.4) is 0 Å². The van der Waals surface area contributed by atoms with Crippen molar-refractivity contribution in [3.63, 3.8) is 0 Å². The lowest BCUT2D eigenvalue weighted by molar-refractivity contribution is 0.639. The fourth-order valence-corrected chi connectivity index (χ4v) is 2.31. The van der Waals surface area contributed by atoms with E-state index in [1.807, 2.05) is 19.1 Å². The third kappa shape index (κ3) is 2.20. The smallest absolute Gasteiger partial charge is 0.133 e. The first-order valence-electron chi connectivity index (χ1n) is 6.37. The minimum Gasteiger partial charge on any atom is -0.347 e. The van der Waals surface area contributed by atoms with Gasteiger partial charge in [0, 0.05) is 29.9 Å². The van der Waals surface area contributed by atoms with E-state index in [4.69, 9.17) is 0 Å². The SMILES string of the molecule is C=CNc1cc2cc(C3=CN=C(C)C3)cc(F)c2cn1. The Morgan fingerprint density at radius 1 is 1.35 bits per heavy atom. The van der Waals surface area contributed by atoms with Gasteiger partial charge in [0.05, 0.1) is 0 Å². The molecule has 0 unspecified atom stereocenters. The summed E-state index contributed by atoms with van der Waals surface area (Å²) in [6, 6.07) is 5.33. The molecule has 3 rings (SSSR count). The van der Waals surface area contributed by atoms with Crippen molar-refractivity contribution in [3.8, 4) is 0 Å². The van der Waals surface area contributed by atoms with Crippen LogP contribution in [0, 0.1) is 5.82 Å². The van der Waals surface area contributed by atoms with Gasteiger partial charge in [-0.05, 0) is 47.8 Å². The lowest BCUT2D eigenvalue weighted by Gasteiger charge is -2.07. The molecule has 0 fully saturated rings. The zero-order chi connectivity index (χ0) is 14.1. The second kappa shape index (κ2) is 4.89. The summed E-state index contributed by atoms with van der Waals surface area (Å²) >= 11 is 0. The fourth-order valence-electron chi connectivity index (χ4n) is 2.31. The summed E-state index contributed by atoms with van der Waals surface area (Å²) in [7, 11) is 0. The number of rotatable bonds is 3. The minimum atomic E-state index is -0.263. The third-order valence-corrected chi connectivity index (χ3v) is 3.29. The zero-order valence-electron chi connectivity index (χ0n) is 11.2. The molecule has 1 aromatic carbocycles. The number of pyridine rings is 1. The van der Waals surface area contributed by atoms with Gasteiger partial charge in [-0.3, -0.25) is 4.99 Å². The van der Waals surface area contributed by atoms with Crippen molar-refractivity contribution in [2.75, 3.05) is 5.32 Å². The van der Waals surface area contributed by atoms with E-state index < -0.39 is 0 Å². The van der Waals surface area contributed by atoms with Crippen LogP contribution < -0.4 is 5.32 Å². The van der Waals surface area contributed by atoms with Crippen molar-refractivity contribution in [1.82, 2.24) is 4.98 Å². The Hall–Kier alpha value is -2.49. The zero-order valence-corrected chi connectivity index (χ0v) is 11.2. The Morgan fingerprint density at radius 2 is 2.20 bits per heavy atom. The number of anilines is 1. The highest BCUT2D eigenvalue weighted by Crippen LogP contribution is 2.29. The van der Waals surface area contributed by atoms with E-state index in [2.05, 4.69) is 21.9 Å². The first-order valence-corrected chi connectivity index (χ1v) is 6.37. The van der Waals surface area contributed by atoms with Crippen LogP contribution in [-0.2, 0) is 0 Å². The summed E-state index contributed by atoms with van der Waals surface area (Å²) in [5, 5.41) is 4.23. The van der Waals surface area contributed by atoms with Crippen LogP contribution >= 0.6 is 0 Å². The molecule has 0 aliphatic carbocycles. The molecule has 0 bridgehead atoms. The molecule has 0 radical (unpaired) electrons. The number of nitrogens with one attached hydrogen (secondary N) is 1. The van der Waals surface area contributed by atoms with Crippen LogP contribution in [0.4, 0.5) is 10.2 Å². The molecule has 0 spiro atoms. The van der Waals surface area contributed by atoms with Crippen LogP contribution in [0.15, 0.2) is 48.4 Å². The lowest BCUT2D eigenvalue weighted by atomic mass is 10.00. The number of allylic oxidation sites excluding steroid dienone is 1. The van der Waals surface area contributed by atoms with Gasteiger partial charge in [-0.25, -0.2) is 9.37 Å². The highest BCUT2D eigenvalue weighted by molar-refractivity contribution is 5.98. The van der Waals surface area contributed by atoms with Gasteiger partial charge < -0.3 is 5.32 Å². The quantitative estimate of drug-likeness (QED) is 0.907. The second-order valence-corrected chi connectivity index (χ2v) is 4.79. The topological polar surface area (TPSA) is 37.3 Å². The number of fused-ring (bicyclic) bond motifs is 1. The summed E-state index contributed by atoms with van der Waals surface area (Å²) in [6.07, 6.45) is 5.66. The molecule has 0 atom stereocenters. The van der Waals surface area contributed by atoms with Crippen LogP contribution in [0.1, 0.15) is 18.9 Å². The highest BCUT2D eigenvalue weighted by atomic mass is 19.1. The number of nitrogens with zero attached hydrogens (tertiary/aromatic N) is 2. The molecule has 0 amide bonds. The summed E-state index contributed by atoms with van der Waals surface area (Å²) in [6.45, 7) is 5.56. The maximum Gasteiger partial charge on any atom is 0.133 e. The molecular weight excluding hydrogens is 253 g/mol. The number of hydrogen-bond acceptors (Lipinski definition) is 3. The van der Waals surface area contributed by atoms with E-state index >= 15 is 0 Å². The molecular formula is C16H14FN3. The molecule has 1 aliphatic heterocycles. The Kier molecular flexibility index (Phi) is 3.06. The Labute approximate surface area is 116 Å². The molecule has 2 heterocycles. The number of aliphatic imine (C=N–C) groups is 1. The summed E-state index contributed by atoms with van der Waals surface area (Å²) in [5.41, 5.74) is 2.95. The van der Waals surface area contributed by atoms with Gasteiger partial charge >= 0.3 is 0 Å². The Bertz CT molecular complexity index is 760. The number of benzene rings is 1. The normalized spacial score (nSPS) is 14.1. The lowest BCUT2D eigenvalue weighted by Crippen LogP contribution is -1.94. The van der Waals surface area contributed by atoms with E-state index in [0.29, 0.717) is 11.2 Å². The van der Waals surface area contributed by atoms with Crippen molar-refractivity contribution < 1.29 is 4.39 Å². The van der Waals surface area contributed by atoms with Gasteiger partial charge in [0.25, 0.3) is 0 Å². The molecule has 1 aliphatic rings. The second-order valence-electron chi connectivity index (χ2n) is 4.79. The molecule has 4 heteroatoms. The molecule has 100 valence electrons. The van der Waals surface area contributed by atoms with Crippen LogP contribution in [-0.4, -0.2) is 10.7 Å². The standard InChI is InChI=1S/C16H14FN3/c1-3-18-16-7-12-5-11(13-4-10(2)19-8-13)6-15(17)14(12)9-20-16/h3,5-9H,1,4H2,2H3,(H,18,20). The predicted molar refractivity (Wildman–Crippen MR) is 81.2 cm³/mol. The Morgan fingerprint density at radius 3 is 2.90 bits per heavy atom. The molecule has 1 N–H and O–H groups in total. The largest absolute Gasteiger partial charge is 0.347 e. The molecule has 3 nitrogen and oxygen atoms in total. The highest BCUT2D eigenvalue weighted by Gasteiger charge is 2.12. The molecule has 1 aromatic heterocycles. The molecule has 20 heavy (non-hydrogen) atoms. The fraction of sp³-hybridized carbons (Fsp3) is 0.125. The predicted octanol–water partition coefficient (Wildman–Crippen LogP) is 4.13. The van der Waals surface area contributed by atoms with Crippen LogP contribution in [0.25, 0.3) is 16.3 Å². The van der Waals surface area contributed by atoms with E-state index in [1.165, 1.54) is 6.20 Å². The molecule has 0 saturated heterocycles. The van der Waals surface area contributed by atoms with Crippen molar-refractivity contribution in [1.29, 1.82) is 0 Å². The summed E-state index contributed by atoms with van der Waals surface area (Å²) < 4.78 is 14.2. The third-order valence-electron chi connectivity index (χ3n) is 3.29. The van der Waals surface area contributed by atoms with Gasteiger partial charge in [-0.2, -0.15) is 0 Å². The van der Waals surface area contributed by atoms with E-state index in [-0.39, 0.29) is 5.82 Å². The monoisotopic (exact) mass is 267 g/mol. The average molecular weight is 267 g/mol. The van der Waals surface area contributed by atoms with Crippen molar-refractivity contribution in [2.24, 2.45) is 4.99 Å². The summed E-state index contributed by atoms with van der Waals surface area (Å²) in [5.74, 6) is 0.387. The van der Waals surface area contributed by atoms with Gasteiger partial charge in [0.2, 0.25) is 0 Å². The van der Waals surface area contributed by atoms with Crippen LogP contribution in [0.5, 0.6) is 0 Å². The first-order chi connectivity index (χ1) is 9.67. The number of aromatic nitrogens is 1. The first kappa shape index (κ1) is 12.5. The summed E-state index contributed by atoms with van der Waals surface area (Å²) in [4.78, 5) is 8.38. The number of hydrogen-bond donors (Lipinski definition) is 1. The average Bonchev–Trinajstić information content (AvgIpc) is 2.85. The van der Waals surface area contributed by atoms with Crippen molar-refractivity contribution >= 4 is 27.9 Å². The van der Waals surface area contributed by atoms with Gasteiger partial charge in [-0.15, -0.1) is 0 Å². The maximum atomic E-state index is 14.2. The minimum absolute atomic E-state index is 0.263. The van der Waals surface area contributed by atoms with E-state index in [9.17, 15) is 4.39 Å². The van der Waals surface area contributed by atoms with Gasteiger partial charge in [0.15, 0.2) is 0 Å². The van der Waals surface area contributed by atoms with Crippen molar-refractivity contribution in [3.05, 3.63) is 54.8 Å². The van der Waals surface area contributed by atoms with E-state index in [0.717, 1.165) is 28.7 Å². The van der Waals surface area contributed by atoms with Gasteiger partial charge in [-0.1, -0.05) is 6.58 Å². The number of halogens is 1. The molecule has 0 saturated carbocycles. The maximum absolute atomic E-state index is 14.2. The van der Waals surface area contributed by atoms with Crippen LogP contribution in [0.2, 0.25) is 0 Å². The Balaban J connectivity index is 2.09.